The Morgan fingerprint density at radius 1 is 1.58 bits per heavy atom. The molecule has 1 saturated carbocycles. The minimum absolute atomic E-state index is 0.747. The van der Waals surface area contributed by atoms with Crippen molar-refractivity contribution in [1.82, 2.24) is 0 Å². The molecule has 2 rings (SSSR count). The Hall–Kier alpha value is -0.720. The lowest BCUT2D eigenvalue weighted by Gasteiger charge is -2.11. The van der Waals surface area contributed by atoms with Gasteiger partial charge in [-0.15, -0.1) is 0 Å². The fraction of sp³-hybridized carbons (Fsp3) is 0.636. The number of fused-ring (bicyclic) bond motifs is 2. The van der Waals surface area contributed by atoms with E-state index in [1.54, 1.807) is 0 Å². The zero-order valence-corrected chi connectivity index (χ0v) is 7.62. The molecule has 0 N–H and O–H groups in total. The normalized spacial score (nSPS) is 32.9. The molecule has 1 nitrogen and oxygen atoms in total. The van der Waals surface area contributed by atoms with Crippen molar-refractivity contribution in [2.24, 2.45) is 11.8 Å². The first-order valence-corrected chi connectivity index (χ1v) is 4.93. The highest BCUT2D eigenvalue weighted by Gasteiger charge is 2.33. The van der Waals surface area contributed by atoms with Crippen molar-refractivity contribution < 1.29 is 4.74 Å². The smallest absolute Gasteiger partial charge is 0.103 e. The second-order valence-electron chi connectivity index (χ2n) is 3.74. The molecule has 0 aromatic carbocycles. The third kappa shape index (κ3) is 1.40. The van der Waals surface area contributed by atoms with Gasteiger partial charge in [-0.25, -0.2) is 0 Å². The average Bonchev–Trinajstić information content (AvgIpc) is 2.65. The van der Waals surface area contributed by atoms with Gasteiger partial charge in [0.05, 0.1) is 6.26 Å². The van der Waals surface area contributed by atoms with E-state index in [0.717, 1.165) is 18.3 Å². The van der Waals surface area contributed by atoms with Crippen LogP contribution in [0.2, 0.25) is 0 Å². The Morgan fingerprint density at radius 3 is 3.08 bits per heavy atom. The standard InChI is InChI=1S/C11H16O/c1-2-3-6-12-11-8-9-4-5-10(11)7-9/h3,6,8-10H,2,4-5,7H2,1H3. The maximum absolute atomic E-state index is 5.56. The van der Waals surface area contributed by atoms with E-state index in [4.69, 9.17) is 4.74 Å². The minimum atomic E-state index is 0.747. The maximum Gasteiger partial charge on any atom is 0.103 e. The number of rotatable bonds is 3. The molecule has 0 aromatic heterocycles. The minimum Gasteiger partial charge on any atom is -0.470 e. The van der Waals surface area contributed by atoms with Crippen LogP contribution in [-0.4, -0.2) is 0 Å². The van der Waals surface area contributed by atoms with Crippen LogP contribution in [0.3, 0.4) is 0 Å². The number of hydrogen-bond acceptors (Lipinski definition) is 1. The maximum atomic E-state index is 5.56. The Labute approximate surface area is 74.1 Å². The molecule has 2 bridgehead atoms. The molecular formula is C11H16O. The summed E-state index contributed by atoms with van der Waals surface area (Å²) in [4.78, 5) is 0. The Bertz CT molecular complexity index is 215. The first kappa shape index (κ1) is 7.90. The van der Waals surface area contributed by atoms with Crippen LogP contribution in [0.5, 0.6) is 0 Å². The van der Waals surface area contributed by atoms with E-state index >= 15 is 0 Å². The predicted octanol–water partition coefficient (Wildman–Crippen LogP) is 3.24. The van der Waals surface area contributed by atoms with E-state index in [0.29, 0.717) is 0 Å². The van der Waals surface area contributed by atoms with Gasteiger partial charge in [-0.2, -0.15) is 0 Å². The molecule has 0 radical (unpaired) electrons. The van der Waals surface area contributed by atoms with Gasteiger partial charge in [0.1, 0.15) is 5.76 Å². The van der Waals surface area contributed by atoms with E-state index in [9.17, 15) is 0 Å². The van der Waals surface area contributed by atoms with Gasteiger partial charge < -0.3 is 4.74 Å². The molecule has 1 heteroatoms. The molecule has 66 valence electrons. The van der Waals surface area contributed by atoms with Gasteiger partial charge in [-0.05, 0) is 43.8 Å². The molecule has 2 atom stereocenters. The molecule has 0 aliphatic heterocycles. The van der Waals surface area contributed by atoms with Crippen LogP contribution >= 0.6 is 0 Å². The first-order chi connectivity index (χ1) is 5.90. The third-order valence-electron chi connectivity index (χ3n) is 2.81. The molecule has 0 heterocycles. The SMILES string of the molecule is CCC=COC1=CC2CCC1C2. The Morgan fingerprint density at radius 2 is 2.50 bits per heavy atom. The monoisotopic (exact) mass is 164 g/mol. The summed E-state index contributed by atoms with van der Waals surface area (Å²) in [5.41, 5.74) is 0. The molecular weight excluding hydrogens is 148 g/mol. The fourth-order valence-corrected chi connectivity index (χ4v) is 2.15. The highest BCUT2D eigenvalue weighted by atomic mass is 16.5. The summed E-state index contributed by atoms with van der Waals surface area (Å²) < 4.78 is 5.56. The molecule has 2 unspecified atom stereocenters. The van der Waals surface area contributed by atoms with Crippen LogP contribution in [0.25, 0.3) is 0 Å². The van der Waals surface area contributed by atoms with Crippen molar-refractivity contribution in [2.75, 3.05) is 0 Å². The van der Waals surface area contributed by atoms with Gasteiger partial charge in [0.25, 0.3) is 0 Å². The van der Waals surface area contributed by atoms with E-state index in [-0.39, 0.29) is 0 Å². The van der Waals surface area contributed by atoms with Gasteiger partial charge in [0, 0.05) is 5.92 Å². The lowest BCUT2D eigenvalue weighted by Crippen LogP contribution is -1.97. The summed E-state index contributed by atoms with van der Waals surface area (Å²) >= 11 is 0. The Balaban J connectivity index is 1.89. The van der Waals surface area contributed by atoms with E-state index < -0.39 is 0 Å². The van der Waals surface area contributed by atoms with Crippen molar-refractivity contribution in [3.05, 3.63) is 24.2 Å². The van der Waals surface area contributed by atoms with Gasteiger partial charge >= 0.3 is 0 Å². The predicted molar refractivity (Wildman–Crippen MR) is 49.4 cm³/mol. The van der Waals surface area contributed by atoms with Crippen molar-refractivity contribution in [2.45, 2.75) is 32.6 Å². The number of ether oxygens (including phenoxy) is 1. The number of allylic oxidation sites excluding steroid dienone is 3. The topological polar surface area (TPSA) is 9.23 Å². The summed E-state index contributed by atoms with van der Waals surface area (Å²) in [7, 11) is 0. The van der Waals surface area contributed by atoms with E-state index in [2.05, 4.69) is 19.1 Å². The van der Waals surface area contributed by atoms with Crippen LogP contribution in [0.4, 0.5) is 0 Å². The van der Waals surface area contributed by atoms with Crippen LogP contribution in [0.1, 0.15) is 32.6 Å². The second kappa shape index (κ2) is 3.34. The second-order valence-corrected chi connectivity index (χ2v) is 3.74. The zero-order chi connectivity index (χ0) is 8.39. The highest BCUT2D eigenvalue weighted by molar-refractivity contribution is 5.14. The van der Waals surface area contributed by atoms with Crippen LogP contribution in [0, 0.1) is 11.8 Å². The summed E-state index contributed by atoms with van der Waals surface area (Å²) in [6.45, 7) is 2.12. The highest BCUT2D eigenvalue weighted by Crippen LogP contribution is 2.43. The quantitative estimate of drug-likeness (QED) is 0.582. The van der Waals surface area contributed by atoms with Crippen molar-refractivity contribution >= 4 is 0 Å². The summed E-state index contributed by atoms with van der Waals surface area (Å²) in [6.07, 6.45) is 11.3. The van der Waals surface area contributed by atoms with E-state index in [1.165, 1.54) is 25.0 Å². The zero-order valence-electron chi connectivity index (χ0n) is 7.62. The Kier molecular flexibility index (Phi) is 2.20. The third-order valence-corrected chi connectivity index (χ3v) is 2.81. The van der Waals surface area contributed by atoms with Gasteiger partial charge in [0.15, 0.2) is 0 Å². The molecule has 0 amide bonds. The van der Waals surface area contributed by atoms with Crippen molar-refractivity contribution in [3.63, 3.8) is 0 Å². The average molecular weight is 164 g/mol. The lowest BCUT2D eigenvalue weighted by atomic mass is 10.1. The summed E-state index contributed by atoms with van der Waals surface area (Å²) in [6, 6.07) is 0. The van der Waals surface area contributed by atoms with E-state index in [1.807, 2.05) is 6.26 Å². The molecule has 2 aliphatic rings. The molecule has 12 heavy (non-hydrogen) atoms. The summed E-state index contributed by atoms with van der Waals surface area (Å²) in [5.74, 6) is 2.81. The number of hydrogen-bond donors (Lipinski definition) is 0. The molecule has 0 saturated heterocycles. The van der Waals surface area contributed by atoms with Crippen molar-refractivity contribution in [3.8, 4) is 0 Å². The van der Waals surface area contributed by atoms with Crippen LogP contribution in [0.15, 0.2) is 24.2 Å². The molecule has 0 spiro atoms. The molecule has 2 aliphatic carbocycles. The molecule has 0 aromatic rings. The van der Waals surface area contributed by atoms with Crippen LogP contribution < -0.4 is 0 Å². The lowest BCUT2D eigenvalue weighted by molar-refractivity contribution is 0.294. The fourth-order valence-electron chi connectivity index (χ4n) is 2.15. The molecule has 1 fully saturated rings. The van der Waals surface area contributed by atoms with Gasteiger partial charge in [-0.1, -0.05) is 6.92 Å². The van der Waals surface area contributed by atoms with Gasteiger partial charge in [0.2, 0.25) is 0 Å². The van der Waals surface area contributed by atoms with Crippen LogP contribution in [-0.2, 0) is 4.74 Å². The summed E-state index contributed by atoms with van der Waals surface area (Å²) in [5, 5.41) is 0. The van der Waals surface area contributed by atoms with Gasteiger partial charge in [-0.3, -0.25) is 0 Å². The first-order valence-electron chi connectivity index (χ1n) is 4.93. The van der Waals surface area contributed by atoms with Crippen molar-refractivity contribution in [1.29, 1.82) is 0 Å². The largest absolute Gasteiger partial charge is 0.470 e.